The Hall–Kier alpha value is -1.41. The lowest BCUT2D eigenvalue weighted by molar-refractivity contribution is 0.191. The Morgan fingerprint density at radius 1 is 1.04 bits per heavy atom. The molecule has 0 radical (unpaired) electrons. The average molecular weight is 332 g/mol. The number of fused-ring (bicyclic) bond motifs is 1. The molecule has 2 rings (SSSR count). The number of hydrogen-bond donors (Lipinski definition) is 2. The van der Waals surface area contributed by atoms with Crippen molar-refractivity contribution in [2.24, 2.45) is 0 Å². The number of allylic oxidation sites excluding steroid dienone is 2. The minimum Gasteiger partial charge on any atom is -0.393 e. The van der Waals surface area contributed by atoms with E-state index < -0.39 is 0 Å². The van der Waals surface area contributed by atoms with Crippen molar-refractivity contribution in [3.05, 3.63) is 46.5 Å². The zero-order valence-corrected chi connectivity index (χ0v) is 16.6. The topological polar surface area (TPSA) is 44.1 Å². The van der Waals surface area contributed by atoms with Crippen LogP contribution >= 0.6 is 0 Å². The predicted octanol–water partition coefficient (Wildman–Crippen LogP) is 6.12. The second-order valence-corrected chi connectivity index (χ2v) is 6.65. The lowest BCUT2D eigenvalue weighted by Crippen LogP contribution is -2.04. The van der Waals surface area contributed by atoms with Crippen LogP contribution in [0.5, 0.6) is 0 Å². The van der Waals surface area contributed by atoms with Gasteiger partial charge >= 0.3 is 0 Å². The summed E-state index contributed by atoms with van der Waals surface area (Å²) in [6, 6.07) is 8.75. The number of aliphatic hydroxyl groups is 1. The maximum Gasteiger partial charge on any atom is 0.0509 e. The van der Waals surface area contributed by atoms with Gasteiger partial charge in [-0.2, -0.15) is 0 Å². The van der Waals surface area contributed by atoms with E-state index in [9.17, 15) is 0 Å². The Kier molecular flexibility index (Phi) is 12.2. The van der Waals surface area contributed by atoms with Crippen LogP contribution in [0, 0.1) is 5.41 Å². The summed E-state index contributed by atoms with van der Waals surface area (Å²) in [5.74, 6) is 0. The van der Waals surface area contributed by atoms with Crippen LogP contribution in [-0.4, -0.2) is 16.9 Å². The van der Waals surface area contributed by atoms with Gasteiger partial charge in [0.1, 0.15) is 0 Å². The van der Waals surface area contributed by atoms with Gasteiger partial charge in [0, 0.05) is 5.71 Å². The molecular formula is C22H37NO. The second kappa shape index (κ2) is 12.9. The maximum absolute atomic E-state index is 8.36. The van der Waals surface area contributed by atoms with Gasteiger partial charge < -0.3 is 10.5 Å². The van der Waals surface area contributed by atoms with Crippen molar-refractivity contribution in [1.29, 1.82) is 5.41 Å². The van der Waals surface area contributed by atoms with Crippen LogP contribution in [-0.2, 0) is 12.8 Å². The third-order valence-corrected chi connectivity index (χ3v) is 4.33. The molecule has 1 aromatic carbocycles. The molecule has 1 aromatic rings. The molecule has 136 valence electrons. The largest absolute Gasteiger partial charge is 0.393 e. The highest BCUT2D eigenvalue weighted by Crippen LogP contribution is 2.24. The Bertz CT molecular complexity index is 481. The van der Waals surface area contributed by atoms with Gasteiger partial charge in [-0.1, -0.05) is 62.6 Å². The lowest BCUT2D eigenvalue weighted by atomic mass is 9.88. The molecule has 0 spiro atoms. The molecule has 0 amide bonds. The summed E-state index contributed by atoms with van der Waals surface area (Å²) in [7, 11) is 0. The van der Waals surface area contributed by atoms with Crippen LogP contribution in [0.15, 0.2) is 35.4 Å². The number of rotatable bonds is 4. The molecule has 0 saturated carbocycles. The van der Waals surface area contributed by atoms with Crippen LogP contribution in [0.4, 0.5) is 0 Å². The van der Waals surface area contributed by atoms with Gasteiger partial charge in [0.2, 0.25) is 0 Å². The summed E-state index contributed by atoms with van der Waals surface area (Å²) >= 11 is 0. The smallest absolute Gasteiger partial charge is 0.0509 e. The van der Waals surface area contributed by atoms with Crippen molar-refractivity contribution in [3.63, 3.8) is 0 Å². The van der Waals surface area contributed by atoms with Crippen molar-refractivity contribution in [2.45, 2.75) is 86.2 Å². The Morgan fingerprint density at radius 2 is 1.46 bits per heavy atom. The Morgan fingerprint density at radius 3 is 1.71 bits per heavy atom. The Labute approximate surface area is 149 Å². The number of hydrogen-bond acceptors (Lipinski definition) is 2. The molecule has 1 aliphatic rings. The van der Waals surface area contributed by atoms with Crippen molar-refractivity contribution in [1.82, 2.24) is 0 Å². The fourth-order valence-corrected chi connectivity index (χ4v) is 2.25. The van der Waals surface area contributed by atoms with Gasteiger partial charge in [-0.15, -0.1) is 0 Å². The average Bonchev–Trinajstić information content (AvgIpc) is 2.57. The molecule has 0 aromatic heterocycles. The van der Waals surface area contributed by atoms with E-state index in [0.717, 1.165) is 44.2 Å². The summed E-state index contributed by atoms with van der Waals surface area (Å²) in [5.41, 5.74) is 7.01. The molecule has 1 atom stereocenters. The fraction of sp³-hybridized carbons (Fsp3) is 0.591. The molecule has 2 N–H and O–H groups in total. The highest BCUT2D eigenvalue weighted by atomic mass is 16.3. The van der Waals surface area contributed by atoms with Crippen LogP contribution in [0.1, 0.15) is 78.4 Å². The van der Waals surface area contributed by atoms with E-state index in [1.807, 2.05) is 13.8 Å². The third kappa shape index (κ3) is 9.67. The minimum absolute atomic E-state index is 0.116. The summed E-state index contributed by atoms with van der Waals surface area (Å²) in [6.45, 7) is 12.3. The lowest BCUT2D eigenvalue weighted by Gasteiger charge is -2.18. The van der Waals surface area contributed by atoms with Gasteiger partial charge in [-0.05, 0) is 64.0 Å². The van der Waals surface area contributed by atoms with Gasteiger partial charge in [0.25, 0.3) is 0 Å². The monoisotopic (exact) mass is 331 g/mol. The fourth-order valence-electron chi connectivity index (χ4n) is 2.25. The van der Waals surface area contributed by atoms with Gasteiger partial charge in [-0.3, -0.25) is 0 Å². The molecule has 0 heterocycles. The molecule has 2 nitrogen and oxygen atoms in total. The second-order valence-electron chi connectivity index (χ2n) is 6.65. The summed E-state index contributed by atoms with van der Waals surface area (Å²) < 4.78 is 0. The molecule has 1 unspecified atom stereocenters. The van der Waals surface area contributed by atoms with Crippen LogP contribution in [0.2, 0.25) is 0 Å². The Balaban J connectivity index is 0.000000379. The third-order valence-electron chi connectivity index (χ3n) is 4.33. The first-order valence-corrected chi connectivity index (χ1v) is 9.31. The maximum atomic E-state index is 8.36. The van der Waals surface area contributed by atoms with Gasteiger partial charge in [-0.25, -0.2) is 0 Å². The molecule has 0 bridgehead atoms. The van der Waals surface area contributed by atoms with Crippen LogP contribution < -0.4 is 0 Å². The first kappa shape index (κ1) is 22.6. The standard InChI is InChI=1S/C12H14.C6H13N.C4H10O/c1-9-7-11-5-3-4-6-12(11)8-10(9)2;1-3-5-6(7)4-2;1-3-4(2)5/h3-6H,7-8H2,1-2H3;7H,3-5H2,1-2H3;4-5H,3H2,1-2H3. The molecular weight excluding hydrogens is 294 g/mol. The van der Waals surface area contributed by atoms with Crippen LogP contribution in [0.25, 0.3) is 0 Å². The van der Waals surface area contributed by atoms with Crippen molar-refractivity contribution < 1.29 is 5.11 Å². The molecule has 0 fully saturated rings. The van der Waals surface area contributed by atoms with E-state index in [1.54, 1.807) is 18.1 Å². The normalized spacial score (nSPS) is 13.8. The van der Waals surface area contributed by atoms with E-state index in [-0.39, 0.29) is 6.10 Å². The van der Waals surface area contributed by atoms with Gasteiger partial charge in [0.05, 0.1) is 6.10 Å². The highest BCUT2D eigenvalue weighted by Gasteiger charge is 2.10. The minimum atomic E-state index is -0.116. The summed E-state index contributed by atoms with van der Waals surface area (Å²) in [4.78, 5) is 0. The van der Waals surface area contributed by atoms with E-state index in [2.05, 4.69) is 45.0 Å². The number of aliphatic hydroxyl groups excluding tert-OH is 1. The van der Waals surface area contributed by atoms with Crippen molar-refractivity contribution in [3.8, 4) is 0 Å². The summed E-state index contributed by atoms with van der Waals surface area (Å²) in [6.07, 6.45) is 6.08. The SMILES string of the molecule is CC1=C(C)Cc2ccccc2C1.CCC(C)O.CCCC(=N)CC. The molecule has 0 aliphatic heterocycles. The molecule has 1 aliphatic carbocycles. The zero-order valence-electron chi connectivity index (χ0n) is 16.6. The van der Waals surface area contributed by atoms with E-state index >= 15 is 0 Å². The van der Waals surface area contributed by atoms with E-state index in [4.69, 9.17) is 10.5 Å². The molecule has 0 saturated heterocycles. The number of nitrogens with one attached hydrogen (secondary N) is 1. The quantitative estimate of drug-likeness (QED) is 0.507. The first-order chi connectivity index (χ1) is 11.3. The molecule has 2 heteroatoms. The summed E-state index contributed by atoms with van der Waals surface area (Å²) in [5, 5.41) is 15.5. The predicted molar refractivity (Wildman–Crippen MR) is 107 cm³/mol. The number of benzene rings is 1. The van der Waals surface area contributed by atoms with Gasteiger partial charge in [0.15, 0.2) is 0 Å². The first-order valence-electron chi connectivity index (χ1n) is 9.31. The van der Waals surface area contributed by atoms with Crippen molar-refractivity contribution in [2.75, 3.05) is 0 Å². The van der Waals surface area contributed by atoms with Crippen LogP contribution in [0.3, 0.4) is 0 Å². The zero-order chi connectivity index (χ0) is 18.5. The van der Waals surface area contributed by atoms with E-state index in [1.165, 1.54) is 11.1 Å². The molecule has 24 heavy (non-hydrogen) atoms. The van der Waals surface area contributed by atoms with Crippen molar-refractivity contribution >= 4 is 5.71 Å². The van der Waals surface area contributed by atoms with E-state index in [0.29, 0.717) is 0 Å². The highest BCUT2D eigenvalue weighted by molar-refractivity contribution is 5.80.